The van der Waals surface area contributed by atoms with E-state index in [1.807, 2.05) is 0 Å². The molecule has 0 saturated carbocycles. The highest BCUT2D eigenvalue weighted by molar-refractivity contribution is 5.69. The van der Waals surface area contributed by atoms with Crippen molar-refractivity contribution in [2.24, 2.45) is 0 Å². The number of aliphatic carboxylic acids is 4. The van der Waals surface area contributed by atoms with Crippen LogP contribution in [0.1, 0.15) is 652 Å². The van der Waals surface area contributed by atoms with Crippen LogP contribution in [0.25, 0.3) is 0 Å². The van der Waals surface area contributed by atoms with Crippen LogP contribution in [-0.4, -0.2) is 69.6 Å². The first-order valence-corrected chi connectivity index (χ1v) is 60.3. The minimum Gasteiger partial charge on any atom is -0.495 e. The van der Waals surface area contributed by atoms with E-state index in [0.717, 1.165) is 140 Å². The second kappa shape index (κ2) is 133. The lowest BCUT2D eigenvalue weighted by Gasteiger charge is -2.22. The molecule has 0 aromatic heterocycles. The van der Waals surface area contributed by atoms with Gasteiger partial charge >= 0.3 is 29.8 Å². The second-order valence-electron chi connectivity index (χ2n) is 40.3. The first-order valence-electron chi connectivity index (χ1n) is 60.3. The number of carbonyl (C=O) groups is 5. The Morgan fingerprint density at radius 3 is 0.590 bits per heavy atom. The largest absolute Gasteiger partial charge is 0.495 e. The predicted molar refractivity (Wildman–Crippen MR) is 608 cm³/mol. The summed E-state index contributed by atoms with van der Waals surface area (Å²) in [5.74, 6) is -1.23. The summed E-state index contributed by atoms with van der Waals surface area (Å²) in [5.41, 5.74) is 0. The fourth-order valence-electron chi connectivity index (χ4n) is 16.9. The highest BCUT2D eigenvalue weighted by Gasteiger charge is 2.17. The maximum Gasteiger partial charge on any atom is 0.305 e. The van der Waals surface area contributed by atoms with Gasteiger partial charge in [-0.3, -0.25) is 24.0 Å². The third-order valence-electron chi connectivity index (χ3n) is 26.0. The SMILES string of the molecule is C=C(CCCCCCC/C=C\C/C=C\C/C=C\CC)OCC(COC(=O)CCCCCCCCCCCCCCC)OC(=C)CCCCCCC/C=C\CCCCCCCC.CCCCC/C=C/C/C=C/CCCCCCCC(=O)O.CCCCCCCC/C=C/CCCCCCCC(=O)O.CCCCCCCCCCCCCCCC(=O)O.CCCCCCCCCCCCCCCCCC(=O)O. The van der Waals surface area contributed by atoms with Gasteiger partial charge in [0.2, 0.25) is 0 Å². The number of unbranched alkanes of at least 4 members (excludes halogenated alkanes) is 73. The van der Waals surface area contributed by atoms with Gasteiger partial charge in [0.25, 0.3) is 0 Å². The summed E-state index contributed by atoms with van der Waals surface area (Å²) >= 11 is 0. The molecule has 0 radical (unpaired) electrons. The van der Waals surface area contributed by atoms with Crippen LogP contribution >= 0.6 is 0 Å². The monoisotopic (exact) mass is 1950 g/mol. The van der Waals surface area contributed by atoms with E-state index < -0.39 is 23.9 Å². The quantitative estimate of drug-likeness (QED) is 0.0195. The molecular weight excluding hydrogens is 1720 g/mol. The number of allylic oxidation sites excluding steroid dienone is 16. The summed E-state index contributed by atoms with van der Waals surface area (Å²) in [4.78, 5) is 54.0. The molecule has 0 heterocycles. The zero-order chi connectivity index (χ0) is 103. The maximum absolute atomic E-state index is 12.7. The minimum atomic E-state index is -0.671. The predicted octanol–water partition coefficient (Wildman–Crippen LogP) is 42.9. The van der Waals surface area contributed by atoms with Gasteiger partial charge in [-0.2, -0.15) is 0 Å². The van der Waals surface area contributed by atoms with Crippen molar-refractivity contribution >= 4 is 29.8 Å². The van der Waals surface area contributed by atoms with E-state index >= 15 is 0 Å². The molecule has 1 unspecified atom stereocenters. The molecule has 0 saturated heterocycles. The van der Waals surface area contributed by atoms with Gasteiger partial charge in [0.1, 0.15) is 13.2 Å². The minimum absolute atomic E-state index is 0.138. The molecule has 4 N–H and O–H groups in total. The highest BCUT2D eigenvalue weighted by Crippen LogP contribution is 2.23. The molecule has 0 aliphatic heterocycles. The normalized spacial score (nSPS) is 11.7. The molecule has 12 heteroatoms. The molecule has 1 atom stereocenters. The molecule has 12 nitrogen and oxygen atoms in total. The number of carboxylic acid groups (broad SMARTS) is 4. The Hall–Kier alpha value is -5.39. The van der Waals surface area contributed by atoms with Crippen molar-refractivity contribution in [1.82, 2.24) is 0 Å². The molecule has 0 aliphatic rings. The van der Waals surface area contributed by atoms with E-state index in [-0.39, 0.29) is 18.7 Å². The molecule has 0 aliphatic carbocycles. The average molecular weight is 1960 g/mol. The van der Waals surface area contributed by atoms with Gasteiger partial charge in [0.05, 0.1) is 11.5 Å². The fourth-order valence-corrected chi connectivity index (χ4v) is 16.9. The van der Waals surface area contributed by atoms with Gasteiger partial charge in [-0.05, 0) is 161 Å². The van der Waals surface area contributed by atoms with Crippen LogP contribution in [0, 0.1) is 0 Å². The van der Waals surface area contributed by atoms with Crippen molar-refractivity contribution < 1.29 is 58.6 Å². The van der Waals surface area contributed by atoms with Crippen LogP contribution < -0.4 is 0 Å². The Bertz CT molecular complexity index is 2680. The summed E-state index contributed by atoms with van der Waals surface area (Å²) in [6, 6.07) is 0. The zero-order valence-corrected chi connectivity index (χ0v) is 93.5. The topological polar surface area (TPSA) is 194 Å². The zero-order valence-electron chi connectivity index (χ0n) is 93.5. The van der Waals surface area contributed by atoms with Gasteiger partial charge in [0, 0.05) is 44.9 Å². The molecule has 0 spiro atoms. The molecule has 0 bridgehead atoms. The van der Waals surface area contributed by atoms with Crippen LogP contribution in [0.4, 0.5) is 0 Å². The number of ether oxygens (including phenoxy) is 3. The number of carbonyl (C=O) groups excluding carboxylic acids is 1. The molecule has 0 aromatic rings. The van der Waals surface area contributed by atoms with E-state index in [1.165, 1.54) is 443 Å². The van der Waals surface area contributed by atoms with Crippen LogP contribution in [0.5, 0.6) is 0 Å². The number of esters is 1. The molecular formula is C127H236O12. The van der Waals surface area contributed by atoms with Crippen molar-refractivity contribution in [2.75, 3.05) is 13.2 Å². The molecule has 0 fully saturated rings. The fraction of sp³-hybridized carbons (Fsp3) is 0.819. The molecule has 139 heavy (non-hydrogen) atoms. The molecule has 0 rings (SSSR count). The Morgan fingerprint density at radius 2 is 0.360 bits per heavy atom. The Morgan fingerprint density at radius 1 is 0.194 bits per heavy atom. The van der Waals surface area contributed by atoms with E-state index in [1.54, 1.807) is 0 Å². The Labute approximate surface area is 864 Å². The van der Waals surface area contributed by atoms with Crippen LogP contribution in [0.2, 0.25) is 0 Å². The van der Waals surface area contributed by atoms with Crippen molar-refractivity contribution in [1.29, 1.82) is 0 Å². The summed E-state index contributed by atoms with van der Waals surface area (Å²) in [7, 11) is 0. The summed E-state index contributed by atoms with van der Waals surface area (Å²) in [5, 5.41) is 34.0. The second-order valence-corrected chi connectivity index (χ2v) is 40.3. The maximum atomic E-state index is 12.7. The first kappa shape index (κ1) is 142. The number of hydrogen-bond acceptors (Lipinski definition) is 8. The van der Waals surface area contributed by atoms with E-state index in [9.17, 15) is 24.0 Å². The van der Waals surface area contributed by atoms with Gasteiger partial charge in [-0.25, -0.2) is 0 Å². The molecule has 0 amide bonds. The van der Waals surface area contributed by atoms with E-state index in [0.29, 0.717) is 38.7 Å². The van der Waals surface area contributed by atoms with Crippen molar-refractivity contribution in [3.8, 4) is 0 Å². The van der Waals surface area contributed by atoms with Crippen LogP contribution in [0.3, 0.4) is 0 Å². The van der Waals surface area contributed by atoms with Crippen LogP contribution in [-0.2, 0) is 38.2 Å². The summed E-state index contributed by atoms with van der Waals surface area (Å²) in [6.07, 6.45) is 145. The lowest BCUT2D eigenvalue weighted by molar-refractivity contribution is -0.148. The Kier molecular flexibility index (Phi) is 136. The van der Waals surface area contributed by atoms with Gasteiger partial charge in [-0.15, -0.1) is 0 Å². The van der Waals surface area contributed by atoms with Crippen molar-refractivity contribution in [2.45, 2.75) is 658 Å². The number of hydrogen-bond donors (Lipinski definition) is 4. The summed E-state index contributed by atoms with van der Waals surface area (Å²) < 4.78 is 18.1. The van der Waals surface area contributed by atoms with E-state index in [4.69, 9.17) is 34.6 Å². The molecule has 816 valence electrons. The number of carboxylic acids is 4. The van der Waals surface area contributed by atoms with Crippen molar-refractivity contribution in [3.05, 3.63) is 110 Å². The van der Waals surface area contributed by atoms with E-state index in [2.05, 4.69) is 147 Å². The summed E-state index contributed by atoms with van der Waals surface area (Å²) in [6.45, 7) is 24.7. The van der Waals surface area contributed by atoms with Gasteiger partial charge in [-0.1, -0.05) is 545 Å². The smallest absolute Gasteiger partial charge is 0.305 e. The average Bonchev–Trinajstić information content (AvgIpc) is 0.939. The first-order chi connectivity index (χ1) is 68.1. The van der Waals surface area contributed by atoms with Gasteiger partial charge < -0.3 is 34.6 Å². The standard InChI is InChI=1S/C57H102O4.C18H36O2.C18H34O2.C18H32O2.C16H32O2/c1-6-9-12-15-18-21-24-27-29-32-34-37-40-43-46-49-54(4)59-52-56(53-60-57(58)51-48-45-42-39-36-31-26-23-20-17-14-11-8-3)61-55(5)50-47-44-41-38-35-33-30-28-25-22-19-16-13-10-7-2;3*1-2-3-4-5-6-7-8-9-10-11-12-13-14-15-16-17-18(19)20;1-2-3-4-5-6-7-8-9-10-11-12-13-14-15-16(17)18/h9,12,18,21,27-30,56H,4-8,10-11,13-17,19-20,22-26,31-53H2,1-3H3;2-17H2,1H3,(H,19,20);9-10H,2-8,11-17H2,1H3,(H,19,20);6-7,9-10H,2-5,8,11-17H2,1H3,(H,19,20);2-15H2,1H3,(H,17,18)/b12-9-,21-18-,29-27-,30-28-;;10-9+;7-6+,10-9+;. The third-order valence-corrected chi connectivity index (χ3v) is 26.0. The molecule has 0 aromatic carbocycles. The third kappa shape index (κ3) is 148. The lowest BCUT2D eigenvalue weighted by atomic mass is 10.0. The highest BCUT2D eigenvalue weighted by atomic mass is 16.6. The van der Waals surface area contributed by atoms with Crippen molar-refractivity contribution in [3.63, 3.8) is 0 Å². The lowest BCUT2D eigenvalue weighted by Crippen LogP contribution is -2.27. The number of rotatable bonds is 108. The van der Waals surface area contributed by atoms with Crippen LogP contribution in [0.15, 0.2) is 110 Å². The Balaban J connectivity index is -0.000000620. The van der Waals surface area contributed by atoms with Gasteiger partial charge in [0.15, 0.2) is 6.10 Å².